The average Bonchev–Trinajstić information content (AvgIpc) is 2.66. The molecular weight excluding hydrogens is 360 g/mol. The minimum absolute atomic E-state index is 0.215. The quantitative estimate of drug-likeness (QED) is 0.489. The zero-order valence-corrected chi connectivity index (χ0v) is 16.0. The van der Waals surface area contributed by atoms with Crippen molar-refractivity contribution >= 4 is 5.69 Å². The van der Waals surface area contributed by atoms with E-state index in [-0.39, 0.29) is 11.6 Å². The first-order valence-corrected chi connectivity index (χ1v) is 8.85. The molecule has 1 fully saturated rings. The van der Waals surface area contributed by atoms with Gasteiger partial charge >= 0.3 is 6.36 Å². The minimum Gasteiger partial charge on any atom is -0.406 e. The van der Waals surface area contributed by atoms with E-state index in [4.69, 9.17) is 0 Å². The molecule has 1 saturated heterocycles. The molecule has 2 rings (SSSR count). The number of alkyl halides is 3. The van der Waals surface area contributed by atoms with E-state index < -0.39 is 6.36 Å². The summed E-state index contributed by atoms with van der Waals surface area (Å²) in [7, 11) is 0. The van der Waals surface area contributed by atoms with Crippen LogP contribution in [0.5, 0.6) is 5.75 Å². The fourth-order valence-corrected chi connectivity index (χ4v) is 2.52. The van der Waals surface area contributed by atoms with Gasteiger partial charge in [-0.3, -0.25) is 0 Å². The number of allylic oxidation sites excluding steroid dienone is 2. The molecule has 152 valence electrons. The van der Waals surface area contributed by atoms with Gasteiger partial charge in [-0.15, -0.1) is 26.0 Å². The molecule has 0 radical (unpaired) electrons. The Bertz CT molecular complexity index is 574. The summed E-state index contributed by atoms with van der Waals surface area (Å²) < 4.78 is 54.2. The van der Waals surface area contributed by atoms with Gasteiger partial charge in [0, 0.05) is 17.8 Å². The molecule has 0 aliphatic carbocycles. The zero-order chi connectivity index (χ0) is 20.9. The SMILES string of the molecule is C#C.C/C(Nc1ccc(OC(F)(F)F)cc1)=C(\F)CC1CCNCC1.CC. The minimum atomic E-state index is -4.72. The first-order chi connectivity index (χ1) is 12.8. The molecule has 1 aliphatic rings. The van der Waals surface area contributed by atoms with Gasteiger partial charge in [0.05, 0.1) is 0 Å². The molecule has 0 spiro atoms. The van der Waals surface area contributed by atoms with E-state index in [0.717, 1.165) is 25.9 Å². The van der Waals surface area contributed by atoms with Gasteiger partial charge in [0.25, 0.3) is 0 Å². The molecule has 0 aromatic heterocycles. The van der Waals surface area contributed by atoms with Crippen LogP contribution in [-0.4, -0.2) is 19.5 Å². The van der Waals surface area contributed by atoms with Crippen LogP contribution in [0.15, 0.2) is 35.8 Å². The van der Waals surface area contributed by atoms with Crippen molar-refractivity contribution in [2.24, 2.45) is 5.92 Å². The Kier molecular flexibility index (Phi) is 12.0. The highest BCUT2D eigenvalue weighted by atomic mass is 19.4. The molecule has 3 nitrogen and oxygen atoms in total. The molecule has 0 amide bonds. The van der Waals surface area contributed by atoms with Gasteiger partial charge in [-0.1, -0.05) is 13.8 Å². The fraction of sp³-hybridized carbons (Fsp3) is 0.500. The molecule has 0 unspecified atom stereocenters. The van der Waals surface area contributed by atoms with Crippen molar-refractivity contribution < 1.29 is 22.3 Å². The lowest BCUT2D eigenvalue weighted by Crippen LogP contribution is -2.27. The molecule has 1 aromatic carbocycles. The molecule has 1 aliphatic heterocycles. The molecule has 27 heavy (non-hydrogen) atoms. The monoisotopic (exact) mass is 388 g/mol. The lowest BCUT2D eigenvalue weighted by Gasteiger charge is -2.22. The Morgan fingerprint density at radius 2 is 1.67 bits per heavy atom. The van der Waals surface area contributed by atoms with Gasteiger partial charge in [-0.25, -0.2) is 4.39 Å². The van der Waals surface area contributed by atoms with Crippen LogP contribution in [0.4, 0.5) is 23.2 Å². The Hall–Kier alpha value is -2.20. The summed E-state index contributed by atoms with van der Waals surface area (Å²) in [5.74, 6) is -0.192. The van der Waals surface area contributed by atoms with Crippen LogP contribution in [0.25, 0.3) is 0 Å². The molecule has 0 saturated carbocycles. The molecule has 0 bridgehead atoms. The summed E-state index contributed by atoms with van der Waals surface area (Å²) in [6.45, 7) is 7.44. The maximum atomic E-state index is 14.2. The van der Waals surface area contributed by atoms with E-state index >= 15 is 0 Å². The maximum absolute atomic E-state index is 14.2. The van der Waals surface area contributed by atoms with Crippen molar-refractivity contribution in [3.05, 3.63) is 35.8 Å². The molecular formula is C20H28F4N2O. The molecule has 0 atom stereocenters. The predicted molar refractivity (Wildman–Crippen MR) is 102 cm³/mol. The van der Waals surface area contributed by atoms with Gasteiger partial charge in [0.15, 0.2) is 0 Å². The van der Waals surface area contributed by atoms with Gasteiger partial charge < -0.3 is 15.4 Å². The number of rotatable bonds is 5. The summed E-state index contributed by atoms with van der Waals surface area (Å²) in [6.07, 6.45) is 5.57. The number of nitrogens with one attached hydrogen (secondary N) is 2. The van der Waals surface area contributed by atoms with Crippen LogP contribution >= 0.6 is 0 Å². The van der Waals surface area contributed by atoms with Crippen molar-refractivity contribution in [3.8, 4) is 18.6 Å². The number of terminal acetylenes is 1. The second-order valence-electron chi connectivity index (χ2n) is 5.62. The van der Waals surface area contributed by atoms with E-state index in [0.29, 0.717) is 23.7 Å². The third-order valence-electron chi connectivity index (χ3n) is 3.75. The lowest BCUT2D eigenvalue weighted by molar-refractivity contribution is -0.274. The lowest BCUT2D eigenvalue weighted by atomic mass is 9.94. The normalized spacial score (nSPS) is 15.3. The number of piperidine rings is 1. The van der Waals surface area contributed by atoms with E-state index in [1.54, 1.807) is 6.92 Å². The van der Waals surface area contributed by atoms with Gasteiger partial charge in [0.2, 0.25) is 0 Å². The summed E-state index contributed by atoms with van der Waals surface area (Å²) in [6, 6.07) is 5.21. The first-order valence-electron chi connectivity index (χ1n) is 8.85. The highest BCUT2D eigenvalue weighted by Crippen LogP contribution is 2.26. The van der Waals surface area contributed by atoms with E-state index in [2.05, 4.69) is 28.2 Å². The van der Waals surface area contributed by atoms with Crippen molar-refractivity contribution in [3.63, 3.8) is 0 Å². The summed E-state index contributed by atoms with van der Waals surface area (Å²) in [4.78, 5) is 0. The number of ether oxygens (including phenoxy) is 1. The van der Waals surface area contributed by atoms with Crippen molar-refractivity contribution in [1.82, 2.24) is 5.32 Å². The molecule has 1 heterocycles. The molecule has 7 heteroatoms. The Morgan fingerprint density at radius 1 is 1.15 bits per heavy atom. The average molecular weight is 388 g/mol. The standard InChI is InChI=1S/C16H20F4N2O.C2H6.C2H2/c1-11(15(17)10-12-6-8-21-9-7-12)22-13-2-4-14(5-3-13)23-16(18,19)20;2*1-2/h2-5,12,21-22H,6-10H2,1H3;1-2H3;1-2H/b15-11+;;. The van der Waals surface area contributed by atoms with E-state index in [1.807, 2.05) is 13.8 Å². The summed E-state index contributed by atoms with van der Waals surface area (Å²) in [5.41, 5.74) is 0.894. The number of anilines is 1. The second kappa shape index (κ2) is 13.0. The fourth-order valence-electron chi connectivity index (χ4n) is 2.52. The largest absolute Gasteiger partial charge is 0.573 e. The van der Waals surface area contributed by atoms with Crippen molar-refractivity contribution in [2.75, 3.05) is 18.4 Å². The number of halogens is 4. The van der Waals surface area contributed by atoms with Crippen LogP contribution in [0.3, 0.4) is 0 Å². The van der Waals surface area contributed by atoms with Gasteiger partial charge in [0.1, 0.15) is 11.6 Å². The van der Waals surface area contributed by atoms with Gasteiger partial charge in [-0.05, 0) is 63.0 Å². The first kappa shape index (κ1) is 24.8. The van der Waals surface area contributed by atoms with Crippen LogP contribution in [0.1, 0.15) is 40.0 Å². The van der Waals surface area contributed by atoms with Gasteiger partial charge in [-0.2, -0.15) is 0 Å². The van der Waals surface area contributed by atoms with E-state index in [1.165, 1.54) is 24.3 Å². The Labute approximate surface area is 159 Å². The molecule has 1 aromatic rings. The van der Waals surface area contributed by atoms with Crippen molar-refractivity contribution in [1.29, 1.82) is 0 Å². The highest BCUT2D eigenvalue weighted by molar-refractivity contribution is 5.50. The number of hydrogen-bond donors (Lipinski definition) is 2. The Morgan fingerprint density at radius 3 is 2.15 bits per heavy atom. The maximum Gasteiger partial charge on any atom is 0.573 e. The zero-order valence-electron chi connectivity index (χ0n) is 16.0. The van der Waals surface area contributed by atoms with Crippen LogP contribution < -0.4 is 15.4 Å². The third kappa shape index (κ3) is 10.5. The highest BCUT2D eigenvalue weighted by Gasteiger charge is 2.30. The Balaban J connectivity index is 0.00000158. The third-order valence-corrected chi connectivity index (χ3v) is 3.75. The second-order valence-corrected chi connectivity index (χ2v) is 5.62. The number of benzene rings is 1. The van der Waals surface area contributed by atoms with E-state index in [9.17, 15) is 17.6 Å². The summed E-state index contributed by atoms with van der Waals surface area (Å²) >= 11 is 0. The smallest absolute Gasteiger partial charge is 0.406 e. The van der Waals surface area contributed by atoms with Crippen LogP contribution in [0, 0.1) is 18.8 Å². The topological polar surface area (TPSA) is 33.3 Å². The summed E-state index contributed by atoms with van der Waals surface area (Å²) in [5, 5.41) is 6.11. The van der Waals surface area contributed by atoms with Crippen LogP contribution in [0.2, 0.25) is 0 Å². The predicted octanol–water partition coefficient (Wildman–Crippen LogP) is 5.86. The van der Waals surface area contributed by atoms with Crippen LogP contribution in [-0.2, 0) is 0 Å². The number of hydrogen-bond acceptors (Lipinski definition) is 3. The van der Waals surface area contributed by atoms with Crippen molar-refractivity contribution in [2.45, 2.75) is 46.4 Å². The molecule has 2 N–H and O–H groups in total.